The van der Waals surface area contributed by atoms with E-state index in [0.29, 0.717) is 17.6 Å². The summed E-state index contributed by atoms with van der Waals surface area (Å²) in [6, 6.07) is -0.178. The highest BCUT2D eigenvalue weighted by Gasteiger charge is 2.23. The van der Waals surface area contributed by atoms with Gasteiger partial charge in [-0.2, -0.15) is 0 Å². The molecule has 0 radical (unpaired) electrons. The number of rotatable bonds is 20. The van der Waals surface area contributed by atoms with Gasteiger partial charge in [0.1, 0.15) is 0 Å². The first-order chi connectivity index (χ1) is 15.2. The van der Waals surface area contributed by atoms with Crippen molar-refractivity contribution in [2.45, 2.75) is 96.4 Å². The predicted molar refractivity (Wildman–Crippen MR) is 132 cm³/mol. The molecule has 33 heavy (non-hydrogen) atoms. The minimum atomic E-state index is -6.00. The number of unbranched alkanes of at least 4 members (excludes halogenated alkanes) is 11. The summed E-state index contributed by atoms with van der Waals surface area (Å²) in [6.45, 7) is 3.60. The van der Waals surface area contributed by atoms with Crippen LogP contribution in [0.5, 0.6) is 0 Å². The van der Waals surface area contributed by atoms with Crippen LogP contribution in [-0.4, -0.2) is 63.1 Å². The maximum Gasteiger partial charge on any atom is 0.673 e. The third kappa shape index (κ3) is 36.6. The van der Waals surface area contributed by atoms with Crippen molar-refractivity contribution in [3.63, 3.8) is 0 Å². The van der Waals surface area contributed by atoms with Gasteiger partial charge in [0.05, 0.1) is 46.8 Å². The lowest BCUT2D eigenvalue weighted by atomic mass is 10.1. The van der Waals surface area contributed by atoms with E-state index < -0.39 is 20.9 Å². The molecule has 0 aliphatic rings. The van der Waals surface area contributed by atoms with Gasteiger partial charge in [-0.05, 0) is 17.7 Å². The van der Waals surface area contributed by atoms with E-state index in [-0.39, 0.29) is 12.5 Å². The molecule has 1 unspecified atom stereocenters. The zero-order valence-corrected chi connectivity index (χ0v) is 22.5. The number of likely N-dealkylation sites (N-methyl/N-ethyl adjacent to an activating group) is 1. The average molecular weight is 527 g/mol. The van der Waals surface area contributed by atoms with Crippen molar-refractivity contribution in [2.24, 2.45) is 0 Å². The average Bonchev–Trinajstić information content (AvgIpc) is 2.62. The zero-order chi connectivity index (χ0) is 25.8. The van der Waals surface area contributed by atoms with Crippen molar-refractivity contribution < 1.29 is 36.2 Å². The number of hydrogen-bond donors (Lipinski definition) is 2. The van der Waals surface area contributed by atoms with Crippen LogP contribution in [0.3, 0.4) is 0 Å². The second kappa shape index (κ2) is 21.2. The van der Waals surface area contributed by atoms with Gasteiger partial charge in [0.2, 0.25) is 7.65 Å². The van der Waals surface area contributed by atoms with Gasteiger partial charge < -0.3 is 31.4 Å². The molecule has 0 aliphatic carbocycles. The zero-order valence-electron chi connectivity index (χ0n) is 20.8. The Morgan fingerprint density at radius 2 is 1.33 bits per heavy atom. The molecule has 5 nitrogen and oxygen atoms in total. The lowest BCUT2D eigenvalue weighted by Gasteiger charge is -2.29. The number of aliphatic carboxylic acids is 1. The monoisotopic (exact) mass is 526 g/mol. The first-order valence-electron chi connectivity index (χ1n) is 12.0. The van der Waals surface area contributed by atoms with Gasteiger partial charge in [-0.1, -0.05) is 77.6 Å². The van der Waals surface area contributed by atoms with Crippen LogP contribution in [0.1, 0.15) is 90.4 Å². The van der Waals surface area contributed by atoms with Crippen molar-refractivity contribution >= 4 is 32.1 Å². The Kier molecular flexibility index (Phi) is 22.5. The van der Waals surface area contributed by atoms with Crippen molar-refractivity contribution in [3.8, 4) is 0 Å². The molecule has 2 N–H and O–H groups in total. The molecular weight excluding hydrogens is 481 g/mol. The summed E-state index contributed by atoms with van der Waals surface area (Å²) in [6.07, 6.45) is 15.9. The van der Waals surface area contributed by atoms with Crippen molar-refractivity contribution in [2.75, 3.05) is 34.3 Å². The standard InChI is InChI=1S/C21H44ClN2O3P.BF4/c1-5-6-7-8-9-10-11-12-13-14-15-16-17-27-28(22)23-20(18-21(25)26)19-24(2,3)4;2-1(3,4)5/h20,23H,5-19H2,1-4H3;/q;-1/p+1/t20-,28?;/m1./s1. The number of carboxylic acid groups (broad SMARTS) is 1. The fourth-order valence-electron chi connectivity index (χ4n) is 3.29. The molecule has 0 aliphatic heterocycles. The third-order valence-corrected chi connectivity index (χ3v) is 6.24. The number of quaternary nitrogens is 1. The molecule has 0 saturated carbocycles. The van der Waals surface area contributed by atoms with Gasteiger partial charge in [-0.15, -0.1) is 0 Å². The lowest BCUT2D eigenvalue weighted by Crippen LogP contribution is -2.46. The summed E-state index contributed by atoms with van der Waals surface area (Å²) >= 11 is 6.26. The highest BCUT2D eigenvalue weighted by atomic mass is 35.7. The summed E-state index contributed by atoms with van der Waals surface area (Å²) in [4.78, 5) is 11.0. The van der Waals surface area contributed by atoms with Crippen LogP contribution in [0, 0.1) is 0 Å². The Morgan fingerprint density at radius 1 is 0.939 bits per heavy atom. The summed E-state index contributed by atoms with van der Waals surface area (Å²) in [5.74, 6) is -0.813. The number of carbonyl (C=O) groups is 1. The Hall–Kier alpha value is -0.145. The summed E-state index contributed by atoms with van der Waals surface area (Å²) in [5.41, 5.74) is 0. The van der Waals surface area contributed by atoms with Crippen molar-refractivity contribution in [3.05, 3.63) is 0 Å². The van der Waals surface area contributed by atoms with Crippen LogP contribution in [0.25, 0.3) is 0 Å². The third-order valence-electron chi connectivity index (χ3n) is 4.68. The van der Waals surface area contributed by atoms with E-state index >= 15 is 0 Å². The van der Waals surface area contributed by atoms with E-state index in [2.05, 4.69) is 12.0 Å². The molecule has 0 spiro atoms. The lowest BCUT2D eigenvalue weighted by molar-refractivity contribution is -0.871. The Balaban J connectivity index is 0. The molecule has 0 saturated heterocycles. The Labute approximate surface area is 204 Å². The van der Waals surface area contributed by atoms with E-state index in [1.807, 2.05) is 21.1 Å². The molecule has 0 amide bonds. The van der Waals surface area contributed by atoms with Gasteiger partial charge in [-0.3, -0.25) is 9.88 Å². The van der Waals surface area contributed by atoms with E-state index in [1.54, 1.807) is 0 Å². The summed E-state index contributed by atoms with van der Waals surface area (Å²) in [5, 5.41) is 12.2. The first kappa shape index (κ1) is 35.0. The molecule has 2 atom stereocenters. The topological polar surface area (TPSA) is 58.6 Å². The Bertz CT molecular complexity index is 470. The van der Waals surface area contributed by atoms with Gasteiger partial charge in [0.15, 0.2) is 0 Å². The second-order valence-electron chi connectivity index (χ2n) is 9.36. The highest BCUT2D eigenvalue weighted by Crippen LogP contribution is 2.39. The highest BCUT2D eigenvalue weighted by molar-refractivity contribution is 7.78. The maximum absolute atomic E-state index is 11.0. The van der Waals surface area contributed by atoms with Gasteiger partial charge >= 0.3 is 13.2 Å². The number of hydrogen-bond acceptors (Lipinski definition) is 3. The molecule has 0 bridgehead atoms. The van der Waals surface area contributed by atoms with Crippen LogP contribution < -0.4 is 5.09 Å². The van der Waals surface area contributed by atoms with Crippen LogP contribution in [0.15, 0.2) is 0 Å². The number of carboxylic acids is 1. The normalized spacial score (nSPS) is 13.8. The van der Waals surface area contributed by atoms with Crippen molar-refractivity contribution in [1.29, 1.82) is 0 Å². The smallest absolute Gasteiger partial charge is 0.481 e. The molecule has 12 heteroatoms. The van der Waals surface area contributed by atoms with Gasteiger partial charge in [0.25, 0.3) is 0 Å². The molecule has 0 rings (SSSR count). The summed E-state index contributed by atoms with van der Waals surface area (Å²) < 4.78 is 45.4. The van der Waals surface area contributed by atoms with E-state index in [1.165, 1.54) is 70.6 Å². The molecular formula is C21H45BClF4N2O3P. The Morgan fingerprint density at radius 3 is 1.70 bits per heavy atom. The van der Waals surface area contributed by atoms with Gasteiger partial charge in [0, 0.05) is 0 Å². The van der Waals surface area contributed by atoms with Crippen LogP contribution >= 0.6 is 18.9 Å². The van der Waals surface area contributed by atoms with E-state index in [4.69, 9.17) is 20.9 Å². The SMILES string of the molecule is CCCCCCCCCCCCCCOP(Cl)N[C@H](CC(=O)O)C[N+](C)(C)C.F[B-](F)(F)F. The van der Waals surface area contributed by atoms with Crippen molar-refractivity contribution in [1.82, 2.24) is 5.09 Å². The maximum atomic E-state index is 11.0. The molecule has 0 aromatic heterocycles. The minimum Gasteiger partial charge on any atom is -0.481 e. The molecule has 0 heterocycles. The fraction of sp³-hybridized carbons (Fsp3) is 0.952. The number of nitrogens with zero attached hydrogens (tertiary/aromatic N) is 1. The molecule has 0 fully saturated rings. The van der Waals surface area contributed by atoms with Crippen LogP contribution in [0.4, 0.5) is 17.3 Å². The number of halogens is 5. The van der Waals surface area contributed by atoms with E-state index in [0.717, 1.165) is 6.42 Å². The van der Waals surface area contributed by atoms with Crippen LogP contribution in [-0.2, 0) is 9.32 Å². The second-order valence-corrected chi connectivity index (χ2v) is 11.3. The molecule has 200 valence electrons. The minimum absolute atomic E-state index is 0.0586. The number of nitrogens with one attached hydrogen (secondary N) is 1. The quantitative estimate of drug-likeness (QED) is 0.0563. The largest absolute Gasteiger partial charge is 0.673 e. The molecule has 0 aromatic carbocycles. The fourth-order valence-corrected chi connectivity index (χ4v) is 4.74. The van der Waals surface area contributed by atoms with Crippen LogP contribution in [0.2, 0.25) is 0 Å². The van der Waals surface area contributed by atoms with E-state index in [9.17, 15) is 22.1 Å². The van der Waals surface area contributed by atoms with Gasteiger partial charge in [-0.25, -0.2) is 0 Å². The predicted octanol–water partition coefficient (Wildman–Crippen LogP) is 7.61. The summed E-state index contributed by atoms with van der Waals surface area (Å²) in [7, 11) is -1.17. The molecule has 0 aromatic rings. The first-order valence-corrected chi connectivity index (χ1v) is 14.2.